The molecule has 0 aliphatic carbocycles. The van der Waals surface area contributed by atoms with Gasteiger partial charge in [-0.25, -0.2) is 0 Å². The average molecular weight is 263 g/mol. The van der Waals surface area contributed by atoms with Gasteiger partial charge in [-0.15, -0.1) is 0 Å². The van der Waals surface area contributed by atoms with E-state index in [1.54, 1.807) is 12.4 Å². The van der Waals surface area contributed by atoms with Crippen LogP contribution in [-0.2, 0) is 16.0 Å². The Morgan fingerprint density at radius 1 is 1.68 bits per heavy atom. The zero-order chi connectivity index (χ0) is 13.7. The molecule has 2 rings (SSSR count). The summed E-state index contributed by atoms with van der Waals surface area (Å²) in [5.41, 5.74) is 6.91. The van der Waals surface area contributed by atoms with Gasteiger partial charge in [-0.1, -0.05) is 6.07 Å². The Kier molecular flexibility index (Phi) is 4.87. The Morgan fingerprint density at radius 2 is 2.53 bits per heavy atom. The van der Waals surface area contributed by atoms with Crippen LogP contribution < -0.4 is 5.73 Å². The second-order valence-corrected chi connectivity index (χ2v) is 4.97. The van der Waals surface area contributed by atoms with Gasteiger partial charge in [-0.3, -0.25) is 9.78 Å². The first-order valence-electron chi connectivity index (χ1n) is 6.70. The number of morpholine rings is 1. The fourth-order valence-electron chi connectivity index (χ4n) is 2.18. The van der Waals surface area contributed by atoms with Crippen LogP contribution in [0.4, 0.5) is 0 Å². The standard InChI is InChI=1S/C14H21N3O2/c1-11(15)13-10-17(7-8-19-13)14(18)5-4-12-3-2-6-16-9-12/h2-3,6,9,11,13H,4-5,7-8,10,15H2,1H3. The highest BCUT2D eigenvalue weighted by Gasteiger charge is 2.26. The molecule has 1 aliphatic heterocycles. The summed E-state index contributed by atoms with van der Waals surface area (Å²) in [5.74, 6) is 0.165. The lowest BCUT2D eigenvalue weighted by Crippen LogP contribution is -2.51. The Hall–Kier alpha value is -1.46. The molecule has 2 atom stereocenters. The molecule has 104 valence electrons. The fraction of sp³-hybridized carbons (Fsp3) is 0.571. The van der Waals surface area contributed by atoms with Crippen LogP contribution in [0.15, 0.2) is 24.5 Å². The first-order chi connectivity index (χ1) is 9.16. The number of rotatable bonds is 4. The third kappa shape index (κ3) is 4.01. The van der Waals surface area contributed by atoms with Crippen molar-refractivity contribution in [1.29, 1.82) is 0 Å². The molecule has 2 unspecified atom stereocenters. The SMILES string of the molecule is CC(N)C1CN(C(=O)CCc2cccnc2)CCO1. The predicted molar refractivity (Wildman–Crippen MR) is 72.5 cm³/mol. The van der Waals surface area contributed by atoms with Crippen LogP contribution in [0, 0.1) is 0 Å². The summed E-state index contributed by atoms with van der Waals surface area (Å²) >= 11 is 0. The molecule has 2 heterocycles. The number of aryl methyl sites for hydroxylation is 1. The second kappa shape index (κ2) is 6.63. The number of aromatic nitrogens is 1. The summed E-state index contributed by atoms with van der Waals surface area (Å²) in [6, 6.07) is 3.83. The zero-order valence-corrected chi connectivity index (χ0v) is 11.3. The van der Waals surface area contributed by atoms with E-state index in [0.717, 1.165) is 12.0 Å². The molecule has 0 bridgehead atoms. The van der Waals surface area contributed by atoms with Gasteiger partial charge in [0.25, 0.3) is 0 Å². The number of ether oxygens (including phenoxy) is 1. The summed E-state index contributed by atoms with van der Waals surface area (Å²) in [6.07, 6.45) is 4.73. The normalized spacial score (nSPS) is 21.2. The van der Waals surface area contributed by atoms with Crippen molar-refractivity contribution < 1.29 is 9.53 Å². The van der Waals surface area contributed by atoms with E-state index < -0.39 is 0 Å². The van der Waals surface area contributed by atoms with Crippen molar-refractivity contribution in [2.75, 3.05) is 19.7 Å². The topological polar surface area (TPSA) is 68.5 Å². The molecule has 0 saturated carbocycles. The van der Waals surface area contributed by atoms with E-state index in [4.69, 9.17) is 10.5 Å². The summed E-state index contributed by atoms with van der Waals surface area (Å²) in [7, 11) is 0. The maximum atomic E-state index is 12.1. The quantitative estimate of drug-likeness (QED) is 0.863. The molecule has 1 fully saturated rings. The van der Waals surface area contributed by atoms with Crippen molar-refractivity contribution in [1.82, 2.24) is 9.88 Å². The molecule has 1 aliphatic rings. The number of carbonyl (C=O) groups excluding carboxylic acids is 1. The molecule has 0 spiro atoms. The van der Waals surface area contributed by atoms with Crippen LogP contribution in [0.2, 0.25) is 0 Å². The monoisotopic (exact) mass is 263 g/mol. The highest BCUT2D eigenvalue weighted by atomic mass is 16.5. The molecular weight excluding hydrogens is 242 g/mol. The Bertz CT molecular complexity index is 408. The van der Waals surface area contributed by atoms with Gasteiger partial charge < -0.3 is 15.4 Å². The van der Waals surface area contributed by atoms with Crippen LogP contribution in [-0.4, -0.2) is 47.6 Å². The average Bonchev–Trinajstić information content (AvgIpc) is 2.46. The Balaban J connectivity index is 1.83. The highest BCUT2D eigenvalue weighted by molar-refractivity contribution is 5.76. The van der Waals surface area contributed by atoms with Crippen LogP contribution >= 0.6 is 0 Å². The molecule has 5 heteroatoms. The lowest BCUT2D eigenvalue weighted by atomic mass is 10.1. The van der Waals surface area contributed by atoms with E-state index in [1.807, 2.05) is 24.0 Å². The molecule has 1 aromatic rings. The lowest BCUT2D eigenvalue weighted by molar-refractivity contribution is -0.139. The molecular formula is C14H21N3O2. The van der Waals surface area contributed by atoms with E-state index in [-0.39, 0.29) is 18.1 Å². The van der Waals surface area contributed by atoms with Crippen LogP contribution in [0.3, 0.4) is 0 Å². The van der Waals surface area contributed by atoms with Gasteiger partial charge in [0.2, 0.25) is 5.91 Å². The maximum absolute atomic E-state index is 12.1. The summed E-state index contributed by atoms with van der Waals surface area (Å²) < 4.78 is 5.55. The van der Waals surface area contributed by atoms with Gasteiger partial charge in [-0.2, -0.15) is 0 Å². The number of nitrogens with two attached hydrogens (primary N) is 1. The number of hydrogen-bond acceptors (Lipinski definition) is 4. The number of amides is 1. The van der Waals surface area contributed by atoms with Crippen molar-refractivity contribution in [2.24, 2.45) is 5.73 Å². The number of pyridine rings is 1. The zero-order valence-electron chi connectivity index (χ0n) is 11.3. The van der Waals surface area contributed by atoms with Crippen LogP contribution in [0.1, 0.15) is 18.9 Å². The van der Waals surface area contributed by atoms with Gasteiger partial charge in [0, 0.05) is 37.9 Å². The predicted octanol–water partition coefficient (Wildman–Crippen LogP) is 0.589. The number of nitrogens with zero attached hydrogens (tertiary/aromatic N) is 2. The van der Waals surface area contributed by atoms with Crippen molar-refractivity contribution in [3.63, 3.8) is 0 Å². The second-order valence-electron chi connectivity index (χ2n) is 4.97. The smallest absolute Gasteiger partial charge is 0.223 e. The molecule has 5 nitrogen and oxygen atoms in total. The number of carbonyl (C=O) groups is 1. The molecule has 1 amide bonds. The summed E-state index contributed by atoms with van der Waals surface area (Å²) in [6.45, 7) is 3.75. The maximum Gasteiger partial charge on any atom is 0.223 e. The molecule has 2 N–H and O–H groups in total. The minimum atomic E-state index is -0.0473. The molecule has 19 heavy (non-hydrogen) atoms. The summed E-state index contributed by atoms with van der Waals surface area (Å²) in [5, 5.41) is 0. The Morgan fingerprint density at radius 3 is 3.21 bits per heavy atom. The van der Waals surface area contributed by atoms with E-state index in [2.05, 4.69) is 4.98 Å². The Labute approximate surface area is 113 Å². The molecule has 1 aromatic heterocycles. The van der Waals surface area contributed by atoms with Gasteiger partial charge in [0.05, 0.1) is 12.7 Å². The van der Waals surface area contributed by atoms with Crippen molar-refractivity contribution >= 4 is 5.91 Å². The third-order valence-corrected chi connectivity index (χ3v) is 3.38. The number of hydrogen-bond donors (Lipinski definition) is 1. The van der Waals surface area contributed by atoms with E-state index >= 15 is 0 Å². The third-order valence-electron chi connectivity index (χ3n) is 3.38. The minimum Gasteiger partial charge on any atom is -0.373 e. The first-order valence-corrected chi connectivity index (χ1v) is 6.70. The van der Waals surface area contributed by atoms with Crippen molar-refractivity contribution in [3.8, 4) is 0 Å². The van der Waals surface area contributed by atoms with E-state index in [0.29, 0.717) is 26.1 Å². The molecule has 0 aromatic carbocycles. The fourth-order valence-corrected chi connectivity index (χ4v) is 2.18. The first kappa shape index (κ1) is 14.0. The van der Waals surface area contributed by atoms with Crippen molar-refractivity contribution in [2.45, 2.75) is 31.9 Å². The highest BCUT2D eigenvalue weighted by Crippen LogP contribution is 2.10. The van der Waals surface area contributed by atoms with E-state index in [9.17, 15) is 4.79 Å². The molecule has 1 saturated heterocycles. The molecule has 0 radical (unpaired) electrons. The van der Waals surface area contributed by atoms with Gasteiger partial charge in [0.15, 0.2) is 0 Å². The largest absolute Gasteiger partial charge is 0.373 e. The van der Waals surface area contributed by atoms with Crippen LogP contribution in [0.5, 0.6) is 0 Å². The minimum absolute atomic E-state index is 0.0453. The van der Waals surface area contributed by atoms with Gasteiger partial charge in [-0.05, 0) is 25.0 Å². The lowest BCUT2D eigenvalue weighted by Gasteiger charge is -2.34. The van der Waals surface area contributed by atoms with Crippen molar-refractivity contribution in [3.05, 3.63) is 30.1 Å². The van der Waals surface area contributed by atoms with E-state index in [1.165, 1.54) is 0 Å². The summed E-state index contributed by atoms with van der Waals surface area (Å²) in [4.78, 5) is 18.1. The van der Waals surface area contributed by atoms with Crippen LogP contribution in [0.25, 0.3) is 0 Å². The van der Waals surface area contributed by atoms with Gasteiger partial charge in [0.1, 0.15) is 0 Å². The van der Waals surface area contributed by atoms with Gasteiger partial charge >= 0.3 is 0 Å².